The van der Waals surface area contributed by atoms with Crippen LogP contribution in [0, 0.1) is 6.92 Å². The molecule has 1 aliphatic rings. The van der Waals surface area contributed by atoms with Crippen LogP contribution in [0.4, 0.5) is 5.82 Å². The number of aryl methyl sites for hydroxylation is 1. The lowest BCUT2D eigenvalue weighted by molar-refractivity contribution is -0.116. The summed E-state index contributed by atoms with van der Waals surface area (Å²) in [6.45, 7) is 6.23. The number of ether oxygens (including phenoxy) is 1. The molecule has 1 aromatic heterocycles. The number of carbonyl (C=O) groups is 1. The quantitative estimate of drug-likeness (QED) is 0.330. The first-order valence-electron chi connectivity index (χ1n) is 10.4. The fraction of sp³-hybridized carbons (Fsp3) is 0.240. The van der Waals surface area contributed by atoms with Crippen molar-refractivity contribution < 1.29 is 9.53 Å². The standard InChI is InChI=1S/C25H25N3O3S/c1-4-13-32-25-27-24(30)22-20(14-21(29)26-23(22)28(25)3)18-9-11-19(12-10-18)31-15-17-7-5-16(2)6-8-17/h4-12,20H,1,13-15H2,2-3H3,(H,26,29). The number of anilines is 1. The van der Waals surface area contributed by atoms with Crippen molar-refractivity contribution in [2.24, 2.45) is 7.05 Å². The predicted octanol–water partition coefficient (Wildman–Crippen LogP) is 4.42. The third-order valence-electron chi connectivity index (χ3n) is 5.44. The van der Waals surface area contributed by atoms with Gasteiger partial charge in [0.25, 0.3) is 5.56 Å². The van der Waals surface area contributed by atoms with Crippen molar-refractivity contribution in [2.75, 3.05) is 11.1 Å². The molecule has 0 aliphatic carbocycles. The van der Waals surface area contributed by atoms with Gasteiger partial charge in [0.2, 0.25) is 5.91 Å². The van der Waals surface area contributed by atoms with Crippen LogP contribution in [0.2, 0.25) is 0 Å². The highest BCUT2D eigenvalue weighted by molar-refractivity contribution is 7.99. The number of hydrogen-bond acceptors (Lipinski definition) is 5. The van der Waals surface area contributed by atoms with Crippen LogP contribution in [0.15, 0.2) is 71.1 Å². The number of amides is 1. The number of thioether (sulfide) groups is 1. The summed E-state index contributed by atoms with van der Waals surface area (Å²) in [7, 11) is 1.81. The third kappa shape index (κ3) is 4.62. The maximum atomic E-state index is 12.9. The van der Waals surface area contributed by atoms with E-state index in [0.717, 1.165) is 16.9 Å². The predicted molar refractivity (Wildman–Crippen MR) is 127 cm³/mol. The van der Waals surface area contributed by atoms with Gasteiger partial charge in [0.05, 0.1) is 5.56 Å². The van der Waals surface area contributed by atoms with Crippen LogP contribution in [-0.4, -0.2) is 21.2 Å². The second kappa shape index (κ2) is 9.44. The first-order valence-corrected chi connectivity index (χ1v) is 11.4. The van der Waals surface area contributed by atoms with E-state index in [1.54, 1.807) is 17.7 Å². The minimum absolute atomic E-state index is 0.122. The summed E-state index contributed by atoms with van der Waals surface area (Å²) in [5, 5.41) is 3.41. The molecule has 164 valence electrons. The number of nitrogens with one attached hydrogen (secondary N) is 1. The molecule has 0 bridgehead atoms. The zero-order valence-electron chi connectivity index (χ0n) is 18.1. The van der Waals surface area contributed by atoms with E-state index >= 15 is 0 Å². The lowest BCUT2D eigenvalue weighted by Gasteiger charge is -2.27. The molecule has 3 aromatic rings. The van der Waals surface area contributed by atoms with Gasteiger partial charge in [0, 0.05) is 25.1 Å². The van der Waals surface area contributed by atoms with E-state index < -0.39 is 0 Å². The average molecular weight is 448 g/mol. The van der Waals surface area contributed by atoms with E-state index in [1.807, 2.05) is 36.4 Å². The van der Waals surface area contributed by atoms with Crippen molar-refractivity contribution in [1.29, 1.82) is 0 Å². The molecule has 0 saturated carbocycles. The van der Waals surface area contributed by atoms with E-state index in [4.69, 9.17) is 4.74 Å². The zero-order valence-corrected chi connectivity index (χ0v) is 18.9. The van der Waals surface area contributed by atoms with Gasteiger partial charge < -0.3 is 14.6 Å². The van der Waals surface area contributed by atoms with Gasteiger partial charge in [-0.15, -0.1) is 6.58 Å². The molecular weight excluding hydrogens is 422 g/mol. The van der Waals surface area contributed by atoms with Gasteiger partial charge in [0.15, 0.2) is 5.16 Å². The minimum Gasteiger partial charge on any atom is -0.489 e. The number of nitrogens with zero attached hydrogens (tertiary/aromatic N) is 2. The molecule has 7 heteroatoms. The maximum absolute atomic E-state index is 12.9. The van der Waals surface area contributed by atoms with Crippen LogP contribution in [0.3, 0.4) is 0 Å². The van der Waals surface area contributed by atoms with Crippen LogP contribution in [0.1, 0.15) is 34.6 Å². The monoisotopic (exact) mass is 447 g/mol. The highest BCUT2D eigenvalue weighted by Crippen LogP contribution is 2.36. The fourth-order valence-corrected chi connectivity index (χ4v) is 4.43. The normalized spacial score (nSPS) is 15.1. The molecule has 1 N–H and O–H groups in total. The van der Waals surface area contributed by atoms with Crippen LogP contribution >= 0.6 is 11.8 Å². The van der Waals surface area contributed by atoms with Crippen LogP contribution in [0.25, 0.3) is 0 Å². The van der Waals surface area contributed by atoms with Crippen LogP contribution < -0.4 is 15.6 Å². The number of aromatic nitrogens is 2. The first-order chi connectivity index (χ1) is 15.5. The molecule has 1 unspecified atom stereocenters. The Labute approximate surface area is 191 Å². The summed E-state index contributed by atoms with van der Waals surface area (Å²) in [5.41, 5.74) is 3.39. The summed E-state index contributed by atoms with van der Waals surface area (Å²) in [5.74, 6) is 1.40. The lowest BCUT2D eigenvalue weighted by atomic mass is 9.87. The van der Waals surface area contributed by atoms with Crippen LogP contribution in [0.5, 0.6) is 5.75 Å². The Morgan fingerprint density at radius 1 is 1.19 bits per heavy atom. The molecule has 32 heavy (non-hydrogen) atoms. The highest BCUT2D eigenvalue weighted by atomic mass is 32.2. The van der Waals surface area contributed by atoms with Gasteiger partial charge in [-0.2, -0.15) is 4.98 Å². The lowest BCUT2D eigenvalue weighted by Crippen LogP contribution is -2.33. The molecule has 0 radical (unpaired) electrons. The number of rotatable bonds is 7. The number of carbonyl (C=O) groups excluding carboxylic acids is 1. The van der Waals surface area contributed by atoms with Gasteiger partial charge in [0.1, 0.15) is 18.2 Å². The molecule has 2 heterocycles. The zero-order chi connectivity index (χ0) is 22.7. The SMILES string of the molecule is C=CCSc1nc(=O)c2c(n1C)NC(=O)CC2c1ccc(OCc2ccc(C)cc2)cc1. The largest absolute Gasteiger partial charge is 0.489 e. The van der Waals surface area contributed by atoms with Crippen molar-refractivity contribution in [3.8, 4) is 5.75 Å². The van der Waals surface area contributed by atoms with E-state index in [-0.39, 0.29) is 23.8 Å². The average Bonchev–Trinajstić information content (AvgIpc) is 2.80. The maximum Gasteiger partial charge on any atom is 0.279 e. The van der Waals surface area contributed by atoms with Gasteiger partial charge in [-0.3, -0.25) is 9.59 Å². The minimum atomic E-state index is -0.352. The Morgan fingerprint density at radius 2 is 1.91 bits per heavy atom. The second-order valence-electron chi connectivity index (χ2n) is 7.77. The van der Waals surface area contributed by atoms with Crippen molar-refractivity contribution >= 4 is 23.5 Å². The van der Waals surface area contributed by atoms with Gasteiger partial charge in [-0.05, 0) is 30.2 Å². The van der Waals surface area contributed by atoms with Crippen molar-refractivity contribution in [2.45, 2.75) is 31.0 Å². The van der Waals surface area contributed by atoms with Crippen molar-refractivity contribution in [1.82, 2.24) is 9.55 Å². The molecule has 2 aromatic carbocycles. The Hall–Kier alpha value is -3.32. The van der Waals surface area contributed by atoms with E-state index in [1.165, 1.54) is 17.3 Å². The fourth-order valence-electron chi connectivity index (χ4n) is 3.73. The van der Waals surface area contributed by atoms with Gasteiger partial charge in [-0.25, -0.2) is 0 Å². The molecule has 4 rings (SSSR count). The third-order valence-corrected chi connectivity index (χ3v) is 6.47. The van der Waals surface area contributed by atoms with Gasteiger partial charge in [-0.1, -0.05) is 59.8 Å². The Balaban J connectivity index is 1.58. The number of hydrogen-bond donors (Lipinski definition) is 1. The second-order valence-corrected chi connectivity index (χ2v) is 8.76. The summed E-state index contributed by atoms with van der Waals surface area (Å²) < 4.78 is 7.66. The summed E-state index contributed by atoms with van der Waals surface area (Å²) in [6, 6.07) is 15.8. The molecule has 1 atom stereocenters. The van der Waals surface area contributed by atoms with Crippen molar-refractivity contribution in [3.05, 3.63) is 93.8 Å². The van der Waals surface area contributed by atoms with E-state index in [9.17, 15) is 9.59 Å². The van der Waals surface area contributed by atoms with Crippen molar-refractivity contribution in [3.63, 3.8) is 0 Å². The number of benzene rings is 2. The molecule has 1 amide bonds. The molecule has 0 saturated heterocycles. The summed E-state index contributed by atoms with van der Waals surface area (Å²) in [4.78, 5) is 29.6. The molecule has 0 spiro atoms. The molecule has 0 fully saturated rings. The summed E-state index contributed by atoms with van der Waals surface area (Å²) >= 11 is 1.40. The topological polar surface area (TPSA) is 73.2 Å². The summed E-state index contributed by atoms with van der Waals surface area (Å²) in [6.07, 6.45) is 1.95. The molecule has 1 aliphatic heterocycles. The smallest absolute Gasteiger partial charge is 0.279 e. The Morgan fingerprint density at radius 3 is 2.59 bits per heavy atom. The van der Waals surface area contributed by atoms with E-state index in [0.29, 0.717) is 28.9 Å². The Bertz CT molecular complexity index is 1200. The highest BCUT2D eigenvalue weighted by Gasteiger charge is 2.32. The van der Waals surface area contributed by atoms with Gasteiger partial charge >= 0.3 is 0 Å². The van der Waals surface area contributed by atoms with E-state index in [2.05, 4.69) is 35.9 Å². The molecular formula is C25H25N3O3S. The first kappa shape index (κ1) is 21.9. The Kier molecular flexibility index (Phi) is 6.46. The molecule has 6 nitrogen and oxygen atoms in total. The number of fused-ring (bicyclic) bond motifs is 1. The van der Waals surface area contributed by atoms with Crippen LogP contribution in [-0.2, 0) is 18.4 Å².